The number of pyridine rings is 1. The van der Waals surface area contributed by atoms with Gasteiger partial charge in [-0.2, -0.15) is 0 Å². The number of carbonyl (C=O) groups excluding carboxylic acids is 1. The number of aromatic nitrogens is 1. The van der Waals surface area contributed by atoms with E-state index in [1.807, 2.05) is 64.1 Å². The highest BCUT2D eigenvalue weighted by atomic mass is 16.7. The number of nitrogens with zero attached hydrogens (tertiary/aromatic N) is 1. The molecule has 8 heteroatoms. The smallest absolute Gasteiger partial charge is 0.449 e. The molecule has 0 atom stereocenters. The summed E-state index contributed by atoms with van der Waals surface area (Å²) in [6.07, 6.45) is 3.05. The van der Waals surface area contributed by atoms with Gasteiger partial charge in [0.05, 0.1) is 23.5 Å². The Morgan fingerprint density at radius 2 is 1.61 bits per heavy atom. The topological polar surface area (TPSA) is 89.9 Å². The van der Waals surface area contributed by atoms with Crippen molar-refractivity contribution in [1.82, 2.24) is 10.3 Å². The lowest BCUT2D eigenvalue weighted by Crippen LogP contribution is -2.41. The predicted octanol–water partition coefficient (Wildman–Crippen LogP) is 5.13. The molecule has 3 aromatic rings. The first kappa shape index (κ1) is 26.2. The van der Waals surface area contributed by atoms with Crippen molar-refractivity contribution in [3.63, 3.8) is 0 Å². The van der Waals surface area contributed by atoms with Gasteiger partial charge in [0.2, 0.25) is 0 Å². The highest BCUT2D eigenvalue weighted by Gasteiger charge is 2.52. The van der Waals surface area contributed by atoms with Crippen LogP contribution in [0.5, 0.6) is 0 Å². The van der Waals surface area contributed by atoms with Crippen LogP contribution in [0.1, 0.15) is 56.0 Å². The molecule has 196 valence electrons. The summed E-state index contributed by atoms with van der Waals surface area (Å²) in [6.45, 7) is 8.24. The SMILES string of the molecule is CC1(C)OB(C(=Cc2ccc(CO)nc2)CNC(=O)OCC2c3ccccc3-c3ccccc32)OC1(C)C. The van der Waals surface area contributed by atoms with Gasteiger partial charge < -0.3 is 24.5 Å². The molecule has 1 aliphatic carbocycles. The summed E-state index contributed by atoms with van der Waals surface area (Å²) in [7, 11) is -0.647. The molecule has 0 radical (unpaired) electrons. The van der Waals surface area contributed by atoms with Gasteiger partial charge in [-0.1, -0.05) is 60.7 Å². The Balaban J connectivity index is 1.29. The van der Waals surface area contributed by atoms with Crippen LogP contribution in [0.3, 0.4) is 0 Å². The van der Waals surface area contributed by atoms with E-state index < -0.39 is 24.4 Å². The minimum Gasteiger partial charge on any atom is -0.449 e. The van der Waals surface area contributed by atoms with Crippen molar-refractivity contribution >= 4 is 19.3 Å². The van der Waals surface area contributed by atoms with Gasteiger partial charge in [-0.05, 0) is 67.1 Å². The maximum atomic E-state index is 12.9. The average Bonchev–Trinajstić information content (AvgIpc) is 3.34. The normalized spacial score (nSPS) is 17.7. The van der Waals surface area contributed by atoms with Crippen LogP contribution in [-0.2, 0) is 20.7 Å². The van der Waals surface area contributed by atoms with Crippen LogP contribution in [0.4, 0.5) is 4.79 Å². The molecule has 1 amide bonds. The number of rotatable bonds is 7. The van der Waals surface area contributed by atoms with E-state index in [1.54, 1.807) is 12.3 Å². The van der Waals surface area contributed by atoms with Crippen molar-refractivity contribution in [3.05, 3.63) is 94.7 Å². The van der Waals surface area contributed by atoms with Gasteiger partial charge in [-0.15, -0.1) is 0 Å². The minimum absolute atomic E-state index is 0.0117. The highest BCUT2D eigenvalue weighted by molar-refractivity contribution is 6.56. The first-order valence-electron chi connectivity index (χ1n) is 12.9. The van der Waals surface area contributed by atoms with Crippen molar-refractivity contribution in [2.45, 2.75) is 51.4 Å². The largest absolute Gasteiger partial charge is 0.492 e. The summed E-state index contributed by atoms with van der Waals surface area (Å²) in [5, 5.41) is 12.2. The second kappa shape index (κ2) is 10.4. The molecular weight excluding hydrogens is 479 g/mol. The van der Waals surface area contributed by atoms with Crippen molar-refractivity contribution in [2.24, 2.45) is 0 Å². The molecular formula is C30H33BN2O5. The summed E-state index contributed by atoms with van der Waals surface area (Å²) in [6, 6.07) is 20.1. The summed E-state index contributed by atoms with van der Waals surface area (Å²) in [4.78, 5) is 17.1. The molecule has 0 unspecified atom stereocenters. The van der Waals surface area contributed by atoms with Gasteiger partial charge in [0, 0.05) is 18.7 Å². The van der Waals surface area contributed by atoms with Crippen LogP contribution in [0.2, 0.25) is 0 Å². The summed E-state index contributed by atoms with van der Waals surface area (Å²) < 4.78 is 18.2. The lowest BCUT2D eigenvalue weighted by Gasteiger charge is -2.32. The summed E-state index contributed by atoms with van der Waals surface area (Å²) >= 11 is 0. The van der Waals surface area contributed by atoms with Gasteiger partial charge in [-0.25, -0.2) is 4.79 Å². The third-order valence-electron chi connectivity index (χ3n) is 7.70. The van der Waals surface area contributed by atoms with Crippen molar-refractivity contribution < 1.29 is 23.9 Å². The van der Waals surface area contributed by atoms with Crippen LogP contribution < -0.4 is 5.32 Å². The fourth-order valence-corrected chi connectivity index (χ4v) is 4.85. The zero-order chi connectivity index (χ0) is 26.9. The molecule has 0 bridgehead atoms. The molecule has 2 aliphatic rings. The lowest BCUT2D eigenvalue weighted by molar-refractivity contribution is 0.00578. The zero-order valence-electron chi connectivity index (χ0n) is 22.2. The lowest BCUT2D eigenvalue weighted by atomic mass is 9.77. The number of aliphatic hydroxyl groups excluding tert-OH is 1. The maximum Gasteiger partial charge on any atom is 0.492 e. The van der Waals surface area contributed by atoms with Gasteiger partial charge in [-0.3, -0.25) is 4.98 Å². The Hall–Kier alpha value is -3.46. The number of hydrogen-bond acceptors (Lipinski definition) is 6. The van der Waals surface area contributed by atoms with Crippen LogP contribution in [0.25, 0.3) is 17.2 Å². The van der Waals surface area contributed by atoms with E-state index >= 15 is 0 Å². The number of hydrogen-bond donors (Lipinski definition) is 2. The maximum absolute atomic E-state index is 12.9. The van der Waals surface area contributed by atoms with E-state index in [4.69, 9.17) is 14.0 Å². The van der Waals surface area contributed by atoms with E-state index in [0.717, 1.165) is 22.2 Å². The average molecular weight is 512 g/mol. The van der Waals surface area contributed by atoms with Gasteiger partial charge in [0.1, 0.15) is 6.61 Å². The second-order valence-electron chi connectivity index (χ2n) is 10.7. The molecule has 2 heterocycles. The number of aliphatic hydroxyl groups is 1. The fourth-order valence-electron chi connectivity index (χ4n) is 4.85. The number of carbonyl (C=O) groups is 1. The van der Waals surface area contributed by atoms with E-state index in [2.05, 4.69) is 34.6 Å². The summed E-state index contributed by atoms with van der Waals surface area (Å²) in [5.74, 6) is -0.0117. The van der Waals surface area contributed by atoms with Crippen LogP contribution in [-0.4, -0.2) is 47.7 Å². The molecule has 1 aliphatic heterocycles. The number of nitrogens with one attached hydrogen (secondary N) is 1. The number of fused-ring (bicyclic) bond motifs is 3. The monoisotopic (exact) mass is 512 g/mol. The zero-order valence-corrected chi connectivity index (χ0v) is 22.2. The molecule has 1 saturated heterocycles. The number of amides is 1. The first-order valence-corrected chi connectivity index (χ1v) is 12.9. The Bertz CT molecular complexity index is 1290. The second-order valence-corrected chi connectivity index (χ2v) is 10.7. The number of ether oxygens (including phenoxy) is 1. The van der Waals surface area contributed by atoms with Crippen molar-refractivity contribution in [1.29, 1.82) is 0 Å². The number of benzene rings is 2. The van der Waals surface area contributed by atoms with Gasteiger partial charge in [0.15, 0.2) is 0 Å². The molecule has 0 saturated carbocycles. The Morgan fingerprint density at radius 3 is 2.16 bits per heavy atom. The van der Waals surface area contributed by atoms with Gasteiger partial charge in [0.25, 0.3) is 0 Å². The number of alkyl carbamates (subject to hydrolysis) is 1. The van der Waals surface area contributed by atoms with Crippen LogP contribution in [0, 0.1) is 0 Å². The van der Waals surface area contributed by atoms with E-state index in [0.29, 0.717) is 5.69 Å². The predicted molar refractivity (Wildman–Crippen MR) is 147 cm³/mol. The highest BCUT2D eigenvalue weighted by Crippen LogP contribution is 2.44. The van der Waals surface area contributed by atoms with Crippen LogP contribution >= 0.6 is 0 Å². The standard InChI is InChI=1S/C30H33BN2O5/c1-29(2)30(3,4)38-31(37-29)21(15-20-13-14-22(18-34)32-16-20)17-33-28(35)36-19-27-25-11-7-5-9-23(25)24-10-6-8-12-26(24)27/h5-16,27,34H,17-19H2,1-4H3,(H,33,35). The summed E-state index contributed by atoms with van der Waals surface area (Å²) in [5.41, 5.74) is 5.76. The van der Waals surface area contributed by atoms with E-state index in [-0.39, 0.29) is 25.7 Å². The van der Waals surface area contributed by atoms with E-state index in [9.17, 15) is 9.90 Å². The van der Waals surface area contributed by atoms with E-state index in [1.165, 1.54) is 11.1 Å². The van der Waals surface area contributed by atoms with Gasteiger partial charge >= 0.3 is 13.2 Å². The molecule has 5 rings (SSSR count). The first-order chi connectivity index (χ1) is 18.2. The molecule has 0 spiro atoms. The van der Waals surface area contributed by atoms with Crippen LogP contribution in [0.15, 0.2) is 72.3 Å². The molecule has 1 fully saturated rings. The molecule has 2 N–H and O–H groups in total. The fraction of sp³-hybridized carbons (Fsp3) is 0.333. The molecule has 7 nitrogen and oxygen atoms in total. The third kappa shape index (κ3) is 5.12. The quantitative estimate of drug-likeness (QED) is 0.427. The van der Waals surface area contributed by atoms with Crippen molar-refractivity contribution in [2.75, 3.05) is 13.2 Å². The molecule has 38 heavy (non-hydrogen) atoms. The minimum atomic E-state index is -0.647. The molecule has 2 aromatic carbocycles. The van der Waals surface area contributed by atoms with Crippen molar-refractivity contribution in [3.8, 4) is 11.1 Å². The Morgan fingerprint density at radius 1 is 1.00 bits per heavy atom. The molecule has 1 aromatic heterocycles. The third-order valence-corrected chi connectivity index (χ3v) is 7.70. The Labute approximate surface area is 224 Å². The Kier molecular flexibility index (Phi) is 7.14.